The first-order valence-electron chi connectivity index (χ1n) is 12.1. The molecular formula is C26H31N3O6S. The van der Waals surface area contributed by atoms with Crippen LogP contribution in [-0.4, -0.2) is 52.8 Å². The molecule has 2 aromatic carbocycles. The molecule has 1 heterocycles. The summed E-state index contributed by atoms with van der Waals surface area (Å²) in [6.45, 7) is 1.85. The van der Waals surface area contributed by atoms with Crippen LogP contribution in [0.15, 0.2) is 42.5 Å². The van der Waals surface area contributed by atoms with Crippen LogP contribution in [0.5, 0.6) is 11.5 Å². The molecule has 1 aliphatic carbocycles. The van der Waals surface area contributed by atoms with Crippen LogP contribution in [0.4, 0.5) is 11.4 Å². The molecule has 1 aliphatic heterocycles. The molecule has 1 saturated carbocycles. The maximum atomic E-state index is 13.2. The van der Waals surface area contributed by atoms with Gasteiger partial charge in [-0.3, -0.25) is 18.6 Å². The highest BCUT2D eigenvalue weighted by atomic mass is 32.2. The second-order valence-corrected chi connectivity index (χ2v) is 10.5. The highest BCUT2D eigenvalue weighted by Gasteiger charge is 2.24. The van der Waals surface area contributed by atoms with Gasteiger partial charge in [0.05, 0.1) is 0 Å². The zero-order valence-corrected chi connectivity index (χ0v) is 21.1. The van der Waals surface area contributed by atoms with Gasteiger partial charge in [-0.2, -0.15) is 0 Å². The lowest BCUT2D eigenvalue weighted by Crippen LogP contribution is -2.46. The van der Waals surface area contributed by atoms with Crippen LogP contribution in [0.3, 0.4) is 0 Å². The van der Waals surface area contributed by atoms with Crippen molar-refractivity contribution >= 4 is 39.9 Å². The number of rotatable bonds is 9. The number of nitrogens with zero attached hydrogens (tertiary/aromatic N) is 1. The summed E-state index contributed by atoms with van der Waals surface area (Å²) in [6, 6.07) is 12.3. The van der Waals surface area contributed by atoms with E-state index in [2.05, 4.69) is 10.6 Å². The second-order valence-electron chi connectivity index (χ2n) is 9.07. The molecule has 0 aromatic heterocycles. The fourth-order valence-electron chi connectivity index (χ4n) is 4.37. The number of hydrogen-bond donors (Lipinski definition) is 2. The van der Waals surface area contributed by atoms with Crippen LogP contribution < -0.4 is 25.0 Å². The number of hydrogen-bond acceptors (Lipinski definition) is 6. The van der Waals surface area contributed by atoms with Crippen LogP contribution in [0.25, 0.3) is 0 Å². The summed E-state index contributed by atoms with van der Waals surface area (Å²) in [5.41, 5.74) is 1.97. The van der Waals surface area contributed by atoms with Crippen molar-refractivity contribution < 1.29 is 28.1 Å². The average Bonchev–Trinajstić information content (AvgIpc) is 3.31. The normalized spacial score (nSPS) is 15.7. The Morgan fingerprint density at radius 3 is 2.53 bits per heavy atom. The third-order valence-electron chi connectivity index (χ3n) is 6.12. The highest BCUT2D eigenvalue weighted by molar-refractivity contribution is 7.86. The Labute approximate surface area is 213 Å². The number of carbonyl (C=O) groups is 3. The van der Waals surface area contributed by atoms with Gasteiger partial charge in [0.15, 0.2) is 11.5 Å². The van der Waals surface area contributed by atoms with E-state index in [1.54, 1.807) is 36.4 Å². The molecule has 0 spiro atoms. The van der Waals surface area contributed by atoms with Crippen molar-refractivity contribution in [3.05, 3.63) is 48.0 Å². The fraction of sp³-hybridized carbons (Fsp3) is 0.423. The summed E-state index contributed by atoms with van der Waals surface area (Å²) >= 11 is 0. The Hall–Kier alpha value is -3.40. The predicted molar refractivity (Wildman–Crippen MR) is 138 cm³/mol. The molecule has 1 fully saturated rings. The molecular weight excluding hydrogens is 482 g/mol. The third kappa shape index (κ3) is 7.07. The van der Waals surface area contributed by atoms with Crippen molar-refractivity contribution in [2.24, 2.45) is 0 Å². The van der Waals surface area contributed by atoms with Gasteiger partial charge in [0.1, 0.15) is 18.1 Å². The molecule has 0 saturated heterocycles. The summed E-state index contributed by atoms with van der Waals surface area (Å²) in [4.78, 5) is 39.7. The summed E-state index contributed by atoms with van der Waals surface area (Å²) in [7, 11) is -1.76. The van der Waals surface area contributed by atoms with Crippen molar-refractivity contribution in [2.75, 3.05) is 35.1 Å². The maximum Gasteiger partial charge on any atom is 0.240 e. The highest BCUT2D eigenvalue weighted by Crippen LogP contribution is 2.34. The predicted octanol–water partition coefficient (Wildman–Crippen LogP) is 2.89. The first-order valence-corrected chi connectivity index (χ1v) is 13.6. The van der Waals surface area contributed by atoms with E-state index >= 15 is 0 Å². The molecule has 1 atom stereocenters. The van der Waals surface area contributed by atoms with Crippen LogP contribution in [-0.2, 0) is 25.2 Å². The van der Waals surface area contributed by atoms with E-state index in [0.29, 0.717) is 22.9 Å². The minimum absolute atomic E-state index is 0.120. The standard InChI is InChI=1S/C26H31N3O6S/c1-18-6-5-9-21(12-18)29(14-24(30)27-19-7-3-2-4-8-19)26(32)16-36(33)15-25(31)28-20-10-11-22-23(13-20)35-17-34-22/h5-6,9-13,19H,2-4,7-8,14-17H2,1H3,(H,27,30)(H,28,31)/t36-/m0/s1. The molecule has 2 aromatic rings. The molecule has 10 heteroatoms. The quantitative estimate of drug-likeness (QED) is 0.533. The van der Waals surface area contributed by atoms with Gasteiger partial charge in [0, 0.05) is 34.3 Å². The maximum absolute atomic E-state index is 13.2. The summed E-state index contributed by atoms with van der Waals surface area (Å²) in [5, 5.41) is 5.69. The molecule has 0 radical (unpaired) electrons. The van der Waals surface area contributed by atoms with Gasteiger partial charge in [-0.1, -0.05) is 31.4 Å². The van der Waals surface area contributed by atoms with Crippen molar-refractivity contribution in [2.45, 2.75) is 45.1 Å². The summed E-state index contributed by atoms with van der Waals surface area (Å²) in [6.07, 6.45) is 5.21. The van der Waals surface area contributed by atoms with E-state index in [4.69, 9.17) is 9.47 Å². The van der Waals surface area contributed by atoms with Gasteiger partial charge in [0.25, 0.3) is 0 Å². The van der Waals surface area contributed by atoms with E-state index in [9.17, 15) is 18.6 Å². The van der Waals surface area contributed by atoms with Gasteiger partial charge in [-0.05, 0) is 49.6 Å². The van der Waals surface area contributed by atoms with E-state index in [1.165, 1.54) is 11.3 Å². The van der Waals surface area contributed by atoms with Crippen LogP contribution in [0.2, 0.25) is 0 Å². The number of ether oxygens (including phenoxy) is 2. The van der Waals surface area contributed by atoms with Crippen molar-refractivity contribution in [1.29, 1.82) is 0 Å². The molecule has 9 nitrogen and oxygen atoms in total. The average molecular weight is 514 g/mol. The SMILES string of the molecule is Cc1cccc(N(CC(=O)NC2CCCCC2)C(=O)C[S@@](=O)CC(=O)Nc2ccc3c(c2)OCO3)c1. The van der Waals surface area contributed by atoms with E-state index in [1.807, 2.05) is 13.0 Å². The summed E-state index contributed by atoms with van der Waals surface area (Å²) < 4.78 is 23.2. The van der Waals surface area contributed by atoms with Crippen LogP contribution >= 0.6 is 0 Å². The lowest BCUT2D eigenvalue weighted by Gasteiger charge is -2.26. The monoisotopic (exact) mass is 513 g/mol. The number of anilines is 2. The molecule has 3 amide bonds. The van der Waals surface area contributed by atoms with Gasteiger partial charge < -0.3 is 25.0 Å². The Morgan fingerprint density at radius 2 is 1.75 bits per heavy atom. The van der Waals surface area contributed by atoms with E-state index in [0.717, 1.165) is 31.2 Å². The number of benzene rings is 2. The number of aryl methyl sites for hydroxylation is 1. The molecule has 36 heavy (non-hydrogen) atoms. The zero-order valence-electron chi connectivity index (χ0n) is 20.3. The number of nitrogens with one attached hydrogen (secondary N) is 2. The number of fused-ring (bicyclic) bond motifs is 1. The first-order chi connectivity index (χ1) is 17.4. The van der Waals surface area contributed by atoms with Crippen molar-refractivity contribution in [3.63, 3.8) is 0 Å². The molecule has 0 bridgehead atoms. The smallest absolute Gasteiger partial charge is 0.240 e. The summed E-state index contributed by atoms with van der Waals surface area (Å²) in [5.74, 6) is -0.834. The molecule has 0 unspecified atom stereocenters. The number of amides is 3. The fourth-order valence-corrected chi connectivity index (χ4v) is 5.27. The lowest BCUT2D eigenvalue weighted by molar-refractivity contribution is -0.123. The minimum Gasteiger partial charge on any atom is -0.454 e. The second kappa shape index (κ2) is 12.0. The van der Waals surface area contributed by atoms with Gasteiger partial charge >= 0.3 is 0 Å². The van der Waals surface area contributed by atoms with E-state index in [-0.39, 0.29) is 36.8 Å². The van der Waals surface area contributed by atoms with Crippen molar-refractivity contribution in [1.82, 2.24) is 5.32 Å². The minimum atomic E-state index is -1.76. The Bertz CT molecular complexity index is 1150. The largest absolute Gasteiger partial charge is 0.454 e. The Balaban J connectivity index is 1.36. The first kappa shape index (κ1) is 25.7. The lowest BCUT2D eigenvalue weighted by atomic mass is 9.95. The Kier molecular flexibility index (Phi) is 8.58. The van der Waals surface area contributed by atoms with Gasteiger partial charge in [-0.25, -0.2) is 0 Å². The topological polar surface area (TPSA) is 114 Å². The molecule has 2 N–H and O–H groups in total. The third-order valence-corrected chi connectivity index (χ3v) is 7.27. The van der Waals surface area contributed by atoms with Crippen LogP contribution in [0.1, 0.15) is 37.7 Å². The zero-order chi connectivity index (χ0) is 25.5. The Morgan fingerprint density at radius 1 is 0.972 bits per heavy atom. The molecule has 4 rings (SSSR count). The molecule has 192 valence electrons. The van der Waals surface area contributed by atoms with Crippen LogP contribution in [0, 0.1) is 6.92 Å². The number of carbonyl (C=O) groups excluding carboxylic acids is 3. The van der Waals surface area contributed by atoms with E-state index < -0.39 is 22.6 Å². The van der Waals surface area contributed by atoms with Gasteiger partial charge in [-0.15, -0.1) is 0 Å². The molecule has 2 aliphatic rings. The van der Waals surface area contributed by atoms with Crippen molar-refractivity contribution in [3.8, 4) is 11.5 Å². The van der Waals surface area contributed by atoms with Gasteiger partial charge in [0.2, 0.25) is 24.5 Å².